The van der Waals surface area contributed by atoms with Crippen LogP contribution in [0.2, 0.25) is 0 Å². The quantitative estimate of drug-likeness (QED) is 0.584. The standard InChI is InChI=1S/C10H19NO/c1-2-4-6-11(7-5-3-1)8-10-9-12-10/h10H,1-9H2. The molecule has 0 aromatic heterocycles. The highest BCUT2D eigenvalue weighted by molar-refractivity contribution is 4.75. The van der Waals surface area contributed by atoms with Gasteiger partial charge in [-0.1, -0.05) is 19.3 Å². The Morgan fingerprint density at radius 1 is 1.00 bits per heavy atom. The minimum Gasteiger partial charge on any atom is -0.372 e. The summed E-state index contributed by atoms with van der Waals surface area (Å²) in [7, 11) is 0. The zero-order chi connectivity index (χ0) is 8.23. The van der Waals surface area contributed by atoms with Crippen molar-refractivity contribution in [3.63, 3.8) is 0 Å². The number of nitrogens with zero attached hydrogens (tertiary/aromatic N) is 1. The molecule has 2 heterocycles. The van der Waals surface area contributed by atoms with Gasteiger partial charge < -0.3 is 9.64 Å². The van der Waals surface area contributed by atoms with E-state index in [0.29, 0.717) is 6.10 Å². The highest BCUT2D eigenvalue weighted by Gasteiger charge is 2.25. The van der Waals surface area contributed by atoms with Crippen molar-refractivity contribution in [2.75, 3.05) is 26.2 Å². The maximum absolute atomic E-state index is 5.24. The predicted octanol–water partition coefficient (Wildman–Crippen LogP) is 1.65. The molecule has 1 atom stereocenters. The van der Waals surface area contributed by atoms with Crippen LogP contribution in [-0.4, -0.2) is 37.2 Å². The number of hydrogen-bond acceptors (Lipinski definition) is 2. The van der Waals surface area contributed by atoms with Crippen molar-refractivity contribution in [2.45, 2.75) is 38.2 Å². The second-order valence-corrected chi connectivity index (χ2v) is 4.02. The first kappa shape index (κ1) is 8.52. The lowest BCUT2D eigenvalue weighted by molar-refractivity contribution is 0.223. The van der Waals surface area contributed by atoms with Gasteiger partial charge in [0, 0.05) is 6.54 Å². The summed E-state index contributed by atoms with van der Waals surface area (Å²) in [5.41, 5.74) is 0. The summed E-state index contributed by atoms with van der Waals surface area (Å²) in [5, 5.41) is 0. The predicted molar refractivity (Wildman–Crippen MR) is 49.3 cm³/mol. The summed E-state index contributed by atoms with van der Waals surface area (Å²) in [6.07, 6.45) is 7.70. The van der Waals surface area contributed by atoms with Crippen molar-refractivity contribution in [3.8, 4) is 0 Å². The molecule has 0 aromatic rings. The van der Waals surface area contributed by atoms with Gasteiger partial charge in [-0.3, -0.25) is 0 Å². The van der Waals surface area contributed by atoms with E-state index in [1.807, 2.05) is 0 Å². The molecule has 2 saturated heterocycles. The molecule has 0 aliphatic carbocycles. The molecule has 12 heavy (non-hydrogen) atoms. The molecular formula is C10H19NO. The topological polar surface area (TPSA) is 15.8 Å². The Morgan fingerprint density at radius 2 is 1.58 bits per heavy atom. The minimum atomic E-state index is 0.587. The van der Waals surface area contributed by atoms with E-state index >= 15 is 0 Å². The molecule has 0 N–H and O–H groups in total. The van der Waals surface area contributed by atoms with E-state index in [1.165, 1.54) is 51.7 Å². The second kappa shape index (κ2) is 4.24. The number of likely N-dealkylation sites (tertiary alicyclic amines) is 1. The summed E-state index contributed by atoms with van der Waals surface area (Å²) >= 11 is 0. The Morgan fingerprint density at radius 3 is 2.17 bits per heavy atom. The van der Waals surface area contributed by atoms with Gasteiger partial charge in [0.15, 0.2) is 0 Å². The molecule has 0 aromatic carbocycles. The fourth-order valence-corrected chi connectivity index (χ4v) is 1.96. The SMILES string of the molecule is C1CCCN(CC2CO2)CCC1. The molecule has 2 fully saturated rings. The molecule has 0 spiro atoms. The van der Waals surface area contributed by atoms with Crippen molar-refractivity contribution in [1.82, 2.24) is 4.90 Å². The Hall–Kier alpha value is -0.0800. The van der Waals surface area contributed by atoms with Gasteiger partial charge in [0.1, 0.15) is 0 Å². The third-order valence-electron chi connectivity index (χ3n) is 2.81. The molecule has 1 unspecified atom stereocenters. The fraction of sp³-hybridized carbons (Fsp3) is 1.00. The van der Waals surface area contributed by atoms with Crippen LogP contribution in [0, 0.1) is 0 Å². The van der Waals surface area contributed by atoms with Crippen LogP contribution in [0.3, 0.4) is 0 Å². The van der Waals surface area contributed by atoms with Crippen LogP contribution in [0.4, 0.5) is 0 Å². The van der Waals surface area contributed by atoms with Gasteiger partial charge in [-0.25, -0.2) is 0 Å². The third-order valence-corrected chi connectivity index (χ3v) is 2.81. The molecule has 2 heteroatoms. The maximum Gasteiger partial charge on any atom is 0.0936 e. The minimum absolute atomic E-state index is 0.587. The highest BCUT2D eigenvalue weighted by Crippen LogP contribution is 2.15. The molecule has 0 bridgehead atoms. The molecular weight excluding hydrogens is 150 g/mol. The molecule has 2 rings (SSSR count). The van der Waals surface area contributed by atoms with E-state index in [1.54, 1.807) is 0 Å². The van der Waals surface area contributed by atoms with E-state index in [0.717, 1.165) is 6.61 Å². The molecule has 2 aliphatic heterocycles. The van der Waals surface area contributed by atoms with Crippen molar-refractivity contribution in [3.05, 3.63) is 0 Å². The zero-order valence-electron chi connectivity index (χ0n) is 7.80. The summed E-state index contributed by atoms with van der Waals surface area (Å²) in [6, 6.07) is 0. The Labute approximate surface area is 74.9 Å². The number of rotatable bonds is 2. The Kier molecular flexibility index (Phi) is 3.01. The summed E-state index contributed by atoms with van der Waals surface area (Å²) in [6.45, 7) is 4.82. The summed E-state index contributed by atoms with van der Waals surface area (Å²) in [4.78, 5) is 2.58. The molecule has 0 saturated carbocycles. The maximum atomic E-state index is 5.24. The third kappa shape index (κ3) is 2.76. The van der Waals surface area contributed by atoms with E-state index in [2.05, 4.69) is 4.90 Å². The first-order valence-electron chi connectivity index (χ1n) is 5.29. The number of hydrogen-bond donors (Lipinski definition) is 0. The average Bonchev–Trinajstić information content (AvgIpc) is 2.78. The largest absolute Gasteiger partial charge is 0.372 e. The van der Waals surface area contributed by atoms with Gasteiger partial charge in [0.25, 0.3) is 0 Å². The van der Waals surface area contributed by atoms with E-state index in [9.17, 15) is 0 Å². The van der Waals surface area contributed by atoms with Gasteiger partial charge in [-0.15, -0.1) is 0 Å². The van der Waals surface area contributed by atoms with Crippen LogP contribution >= 0.6 is 0 Å². The molecule has 2 aliphatic rings. The Balaban J connectivity index is 1.69. The number of ether oxygens (including phenoxy) is 1. The lowest BCUT2D eigenvalue weighted by atomic mass is 10.1. The van der Waals surface area contributed by atoms with Gasteiger partial charge in [-0.05, 0) is 25.9 Å². The molecule has 2 nitrogen and oxygen atoms in total. The fourth-order valence-electron chi connectivity index (χ4n) is 1.96. The highest BCUT2D eigenvalue weighted by atomic mass is 16.6. The average molecular weight is 169 g/mol. The lowest BCUT2D eigenvalue weighted by Gasteiger charge is -2.23. The smallest absolute Gasteiger partial charge is 0.0936 e. The van der Waals surface area contributed by atoms with Crippen LogP contribution in [0.25, 0.3) is 0 Å². The Bertz CT molecular complexity index is 126. The summed E-state index contributed by atoms with van der Waals surface area (Å²) in [5.74, 6) is 0. The van der Waals surface area contributed by atoms with E-state index in [4.69, 9.17) is 4.74 Å². The van der Waals surface area contributed by atoms with Crippen molar-refractivity contribution in [2.24, 2.45) is 0 Å². The molecule has 0 amide bonds. The monoisotopic (exact) mass is 169 g/mol. The van der Waals surface area contributed by atoms with Crippen molar-refractivity contribution < 1.29 is 4.74 Å². The zero-order valence-corrected chi connectivity index (χ0v) is 7.80. The van der Waals surface area contributed by atoms with E-state index < -0.39 is 0 Å². The second-order valence-electron chi connectivity index (χ2n) is 4.02. The van der Waals surface area contributed by atoms with Gasteiger partial charge in [0.05, 0.1) is 12.7 Å². The first-order valence-corrected chi connectivity index (χ1v) is 5.29. The molecule has 70 valence electrons. The first-order chi connectivity index (χ1) is 5.95. The van der Waals surface area contributed by atoms with Crippen LogP contribution in [0.15, 0.2) is 0 Å². The van der Waals surface area contributed by atoms with Gasteiger partial charge >= 0.3 is 0 Å². The van der Waals surface area contributed by atoms with Crippen LogP contribution in [0.5, 0.6) is 0 Å². The van der Waals surface area contributed by atoms with Crippen molar-refractivity contribution >= 4 is 0 Å². The van der Waals surface area contributed by atoms with Gasteiger partial charge in [-0.2, -0.15) is 0 Å². The van der Waals surface area contributed by atoms with Gasteiger partial charge in [0.2, 0.25) is 0 Å². The summed E-state index contributed by atoms with van der Waals surface area (Å²) < 4.78 is 5.24. The number of epoxide rings is 1. The van der Waals surface area contributed by atoms with E-state index in [-0.39, 0.29) is 0 Å². The normalized spacial score (nSPS) is 32.5. The molecule has 0 radical (unpaired) electrons. The van der Waals surface area contributed by atoms with Crippen LogP contribution in [0.1, 0.15) is 32.1 Å². The van der Waals surface area contributed by atoms with Crippen LogP contribution in [-0.2, 0) is 4.74 Å². The lowest BCUT2D eigenvalue weighted by Crippen LogP contribution is -2.30. The van der Waals surface area contributed by atoms with Crippen LogP contribution < -0.4 is 0 Å². The van der Waals surface area contributed by atoms with Crippen molar-refractivity contribution in [1.29, 1.82) is 0 Å².